The van der Waals surface area contributed by atoms with Gasteiger partial charge in [-0.25, -0.2) is 9.97 Å². The van der Waals surface area contributed by atoms with Gasteiger partial charge in [0.15, 0.2) is 0 Å². The standard InChI is InChI=1S/C9H12N4S/c1-7-12-8(6-14-7)5-13-4-3-11-9(13)10-2/h3-4,6H,5H2,1-2H3,(H,10,11). The van der Waals surface area contributed by atoms with E-state index in [1.807, 2.05) is 24.7 Å². The summed E-state index contributed by atoms with van der Waals surface area (Å²) in [6.45, 7) is 2.79. The molecule has 0 unspecified atom stereocenters. The maximum atomic E-state index is 4.40. The third-order valence-corrected chi connectivity index (χ3v) is 2.76. The minimum atomic E-state index is 0.778. The first kappa shape index (κ1) is 9.21. The molecule has 1 N–H and O–H groups in total. The lowest BCUT2D eigenvalue weighted by molar-refractivity contribution is 0.784. The highest BCUT2D eigenvalue weighted by Gasteiger charge is 2.03. The number of hydrogen-bond acceptors (Lipinski definition) is 4. The largest absolute Gasteiger partial charge is 0.359 e. The van der Waals surface area contributed by atoms with Crippen molar-refractivity contribution < 1.29 is 0 Å². The molecule has 0 saturated carbocycles. The highest BCUT2D eigenvalue weighted by atomic mass is 32.1. The molecule has 2 aromatic heterocycles. The van der Waals surface area contributed by atoms with E-state index in [0.717, 1.165) is 23.2 Å². The van der Waals surface area contributed by atoms with Crippen molar-refractivity contribution in [3.63, 3.8) is 0 Å². The zero-order chi connectivity index (χ0) is 9.97. The van der Waals surface area contributed by atoms with Gasteiger partial charge in [-0.2, -0.15) is 0 Å². The van der Waals surface area contributed by atoms with E-state index in [1.165, 1.54) is 0 Å². The summed E-state index contributed by atoms with van der Waals surface area (Å²) in [5.41, 5.74) is 1.09. The number of thiazole rings is 1. The van der Waals surface area contributed by atoms with E-state index >= 15 is 0 Å². The molecule has 0 saturated heterocycles. The first-order valence-corrected chi connectivity index (χ1v) is 5.27. The Morgan fingerprint density at radius 1 is 1.57 bits per heavy atom. The van der Waals surface area contributed by atoms with Crippen molar-refractivity contribution in [1.29, 1.82) is 0 Å². The Kier molecular flexibility index (Phi) is 2.49. The summed E-state index contributed by atoms with van der Waals surface area (Å²) in [7, 11) is 1.87. The molecule has 0 aromatic carbocycles. The van der Waals surface area contributed by atoms with Crippen LogP contribution in [0.1, 0.15) is 10.7 Å². The van der Waals surface area contributed by atoms with Crippen LogP contribution in [0.25, 0.3) is 0 Å². The van der Waals surface area contributed by atoms with E-state index in [2.05, 4.69) is 20.7 Å². The summed E-state index contributed by atoms with van der Waals surface area (Å²) in [6, 6.07) is 0. The third kappa shape index (κ3) is 1.77. The van der Waals surface area contributed by atoms with Crippen LogP contribution in [0.5, 0.6) is 0 Å². The number of aromatic nitrogens is 3. The van der Waals surface area contributed by atoms with Gasteiger partial charge in [-0.05, 0) is 6.92 Å². The maximum Gasteiger partial charge on any atom is 0.202 e. The summed E-state index contributed by atoms with van der Waals surface area (Å²) >= 11 is 1.67. The lowest BCUT2D eigenvalue weighted by Gasteiger charge is -2.03. The number of aryl methyl sites for hydroxylation is 1. The van der Waals surface area contributed by atoms with Crippen molar-refractivity contribution in [3.8, 4) is 0 Å². The fourth-order valence-corrected chi connectivity index (χ4v) is 1.92. The molecule has 4 nitrogen and oxygen atoms in total. The van der Waals surface area contributed by atoms with Crippen LogP contribution in [0.3, 0.4) is 0 Å². The average Bonchev–Trinajstić information content (AvgIpc) is 2.76. The fourth-order valence-electron chi connectivity index (χ4n) is 1.32. The summed E-state index contributed by atoms with van der Waals surface area (Å²) in [4.78, 5) is 8.57. The molecule has 0 bridgehead atoms. The third-order valence-electron chi connectivity index (χ3n) is 1.94. The fraction of sp³-hybridized carbons (Fsp3) is 0.333. The molecular formula is C9H12N4S. The van der Waals surface area contributed by atoms with Crippen LogP contribution >= 0.6 is 11.3 Å². The lowest BCUT2D eigenvalue weighted by Crippen LogP contribution is -2.04. The summed E-state index contributed by atoms with van der Waals surface area (Å²) < 4.78 is 2.04. The van der Waals surface area contributed by atoms with Gasteiger partial charge >= 0.3 is 0 Å². The number of hydrogen-bond donors (Lipinski definition) is 1. The van der Waals surface area contributed by atoms with Gasteiger partial charge in [-0.1, -0.05) is 0 Å². The molecular weight excluding hydrogens is 196 g/mol. The van der Waals surface area contributed by atoms with Crippen LogP contribution < -0.4 is 5.32 Å². The van der Waals surface area contributed by atoms with Crippen molar-refractivity contribution in [2.45, 2.75) is 13.5 Å². The Hall–Kier alpha value is -1.36. The van der Waals surface area contributed by atoms with E-state index in [-0.39, 0.29) is 0 Å². The zero-order valence-electron chi connectivity index (χ0n) is 8.19. The molecule has 0 spiro atoms. The maximum absolute atomic E-state index is 4.40. The summed E-state index contributed by atoms with van der Waals surface area (Å²) in [5, 5.41) is 6.21. The van der Waals surface area contributed by atoms with Gasteiger partial charge in [0.2, 0.25) is 5.95 Å². The normalized spacial score (nSPS) is 10.4. The van der Waals surface area contributed by atoms with Gasteiger partial charge in [0, 0.05) is 24.8 Å². The van der Waals surface area contributed by atoms with Crippen LogP contribution in [0.2, 0.25) is 0 Å². The van der Waals surface area contributed by atoms with E-state index in [1.54, 1.807) is 17.5 Å². The van der Waals surface area contributed by atoms with Crippen LogP contribution in [-0.2, 0) is 6.54 Å². The van der Waals surface area contributed by atoms with Gasteiger partial charge in [-0.3, -0.25) is 0 Å². The first-order valence-electron chi connectivity index (χ1n) is 4.39. The summed E-state index contributed by atoms with van der Waals surface area (Å²) in [6.07, 6.45) is 3.73. The number of nitrogens with zero attached hydrogens (tertiary/aromatic N) is 3. The SMILES string of the molecule is CNc1nccn1Cc1csc(C)n1. The van der Waals surface area contributed by atoms with E-state index in [4.69, 9.17) is 0 Å². The number of rotatable bonds is 3. The van der Waals surface area contributed by atoms with E-state index < -0.39 is 0 Å². The first-order chi connectivity index (χ1) is 6.79. The van der Waals surface area contributed by atoms with Gasteiger partial charge < -0.3 is 9.88 Å². The molecule has 14 heavy (non-hydrogen) atoms. The minimum absolute atomic E-state index is 0.778. The summed E-state index contributed by atoms with van der Waals surface area (Å²) in [5.74, 6) is 0.871. The smallest absolute Gasteiger partial charge is 0.202 e. The molecule has 0 aliphatic carbocycles. The van der Waals surface area contributed by atoms with Gasteiger partial charge in [0.05, 0.1) is 17.2 Å². The molecule has 2 heterocycles. The molecule has 0 aliphatic heterocycles. The van der Waals surface area contributed by atoms with Gasteiger partial charge in [0.25, 0.3) is 0 Å². The second-order valence-corrected chi connectivity index (χ2v) is 4.05. The van der Waals surface area contributed by atoms with Gasteiger partial charge in [0.1, 0.15) is 0 Å². The highest BCUT2D eigenvalue weighted by Crippen LogP contribution is 2.11. The molecule has 0 atom stereocenters. The molecule has 0 radical (unpaired) electrons. The van der Waals surface area contributed by atoms with Crippen molar-refractivity contribution >= 4 is 17.3 Å². The Bertz CT molecular complexity index is 418. The molecule has 2 rings (SSSR count). The van der Waals surface area contributed by atoms with Crippen LogP contribution in [0, 0.1) is 6.92 Å². The highest BCUT2D eigenvalue weighted by molar-refractivity contribution is 7.09. The Labute approximate surface area is 86.6 Å². The van der Waals surface area contributed by atoms with Crippen molar-refractivity contribution in [2.24, 2.45) is 0 Å². The van der Waals surface area contributed by atoms with Crippen molar-refractivity contribution in [1.82, 2.24) is 14.5 Å². The second kappa shape index (κ2) is 3.79. The number of anilines is 1. The van der Waals surface area contributed by atoms with Crippen LogP contribution in [-0.4, -0.2) is 21.6 Å². The topological polar surface area (TPSA) is 42.7 Å². The predicted octanol–water partition coefficient (Wildman–Crippen LogP) is 1.74. The van der Waals surface area contributed by atoms with E-state index in [0.29, 0.717) is 0 Å². The Morgan fingerprint density at radius 2 is 2.43 bits per heavy atom. The predicted molar refractivity (Wildman–Crippen MR) is 57.7 cm³/mol. The van der Waals surface area contributed by atoms with E-state index in [9.17, 15) is 0 Å². The number of nitrogens with one attached hydrogen (secondary N) is 1. The molecule has 0 fully saturated rings. The number of imidazole rings is 1. The Morgan fingerprint density at radius 3 is 3.07 bits per heavy atom. The van der Waals surface area contributed by atoms with Crippen molar-refractivity contribution in [3.05, 3.63) is 28.5 Å². The van der Waals surface area contributed by atoms with Crippen LogP contribution in [0.15, 0.2) is 17.8 Å². The monoisotopic (exact) mass is 208 g/mol. The molecule has 0 aliphatic rings. The zero-order valence-corrected chi connectivity index (χ0v) is 9.01. The molecule has 2 aromatic rings. The molecule has 74 valence electrons. The second-order valence-electron chi connectivity index (χ2n) is 2.99. The minimum Gasteiger partial charge on any atom is -0.359 e. The van der Waals surface area contributed by atoms with Gasteiger partial charge in [-0.15, -0.1) is 11.3 Å². The molecule has 0 amide bonds. The van der Waals surface area contributed by atoms with Crippen molar-refractivity contribution in [2.75, 3.05) is 12.4 Å². The van der Waals surface area contributed by atoms with Crippen LogP contribution in [0.4, 0.5) is 5.95 Å². The Balaban J connectivity index is 2.18. The molecule has 5 heteroatoms. The average molecular weight is 208 g/mol. The lowest BCUT2D eigenvalue weighted by atomic mass is 10.5. The quantitative estimate of drug-likeness (QED) is 0.835.